The number of fused-ring (bicyclic) bond motifs is 1. The van der Waals surface area contributed by atoms with Gasteiger partial charge in [0.1, 0.15) is 0 Å². The molecule has 20 heavy (non-hydrogen) atoms. The van der Waals surface area contributed by atoms with E-state index in [0.717, 1.165) is 29.5 Å². The third-order valence-corrected chi connectivity index (χ3v) is 4.07. The van der Waals surface area contributed by atoms with Crippen LogP contribution in [0.3, 0.4) is 0 Å². The van der Waals surface area contributed by atoms with Gasteiger partial charge in [-0.25, -0.2) is 0 Å². The fourth-order valence-electron chi connectivity index (χ4n) is 1.67. The molecule has 0 saturated carbocycles. The van der Waals surface area contributed by atoms with Crippen LogP contribution in [0, 0.1) is 0 Å². The maximum absolute atomic E-state index is 5.33. The highest BCUT2D eigenvalue weighted by molar-refractivity contribution is 8.00. The lowest BCUT2D eigenvalue weighted by Gasteiger charge is -2.18. The van der Waals surface area contributed by atoms with E-state index >= 15 is 0 Å². The van der Waals surface area contributed by atoms with E-state index in [1.165, 1.54) is 0 Å². The topological polar surface area (TPSA) is 42.5 Å². The average molecular weight is 312 g/mol. The summed E-state index contributed by atoms with van der Waals surface area (Å²) in [5, 5.41) is 6.97. The van der Waals surface area contributed by atoms with Gasteiger partial charge in [0.15, 0.2) is 16.6 Å². The van der Waals surface area contributed by atoms with Crippen LogP contribution in [0.1, 0.15) is 20.8 Å². The van der Waals surface area contributed by atoms with E-state index in [4.69, 9.17) is 21.7 Å². The van der Waals surface area contributed by atoms with E-state index in [1.54, 1.807) is 0 Å². The zero-order valence-electron chi connectivity index (χ0n) is 12.0. The van der Waals surface area contributed by atoms with E-state index in [2.05, 4.69) is 31.4 Å². The molecule has 0 bridgehead atoms. The van der Waals surface area contributed by atoms with Crippen molar-refractivity contribution in [1.82, 2.24) is 5.32 Å². The van der Waals surface area contributed by atoms with E-state index < -0.39 is 0 Å². The Labute approximate surface area is 129 Å². The predicted octanol–water partition coefficient (Wildman–Crippen LogP) is 3.23. The van der Waals surface area contributed by atoms with Crippen molar-refractivity contribution in [1.29, 1.82) is 0 Å². The number of nitrogens with one attached hydrogen (secondary N) is 2. The Balaban J connectivity index is 1.74. The van der Waals surface area contributed by atoms with Crippen LogP contribution in [-0.4, -0.2) is 29.0 Å². The Hall–Kier alpha value is -1.14. The van der Waals surface area contributed by atoms with E-state index in [0.29, 0.717) is 5.11 Å². The van der Waals surface area contributed by atoms with Gasteiger partial charge < -0.3 is 20.1 Å². The third-order valence-electron chi connectivity index (χ3n) is 2.55. The number of ether oxygens (including phenoxy) is 2. The molecule has 4 nitrogen and oxygen atoms in total. The molecular formula is C14H20N2O2S2. The van der Waals surface area contributed by atoms with Gasteiger partial charge in [0, 0.05) is 28.8 Å². The van der Waals surface area contributed by atoms with Crippen LogP contribution in [0.5, 0.6) is 11.5 Å². The normalized spacial score (nSPS) is 13.2. The molecule has 6 heteroatoms. The fourth-order valence-corrected chi connectivity index (χ4v) is 2.71. The first-order valence-corrected chi connectivity index (χ1v) is 7.92. The molecule has 0 spiro atoms. The van der Waals surface area contributed by atoms with Gasteiger partial charge in [-0.1, -0.05) is 20.8 Å². The van der Waals surface area contributed by atoms with Gasteiger partial charge in [-0.2, -0.15) is 11.8 Å². The number of rotatable bonds is 4. The highest BCUT2D eigenvalue weighted by Gasteiger charge is 2.13. The quantitative estimate of drug-likeness (QED) is 0.657. The van der Waals surface area contributed by atoms with Crippen molar-refractivity contribution < 1.29 is 9.47 Å². The summed E-state index contributed by atoms with van der Waals surface area (Å²) in [6.07, 6.45) is 0. The lowest BCUT2D eigenvalue weighted by Crippen LogP contribution is -2.30. The zero-order valence-corrected chi connectivity index (χ0v) is 13.6. The van der Waals surface area contributed by atoms with Crippen molar-refractivity contribution in [3.05, 3.63) is 18.2 Å². The first kappa shape index (κ1) is 15.3. The van der Waals surface area contributed by atoms with Crippen LogP contribution in [-0.2, 0) is 0 Å². The molecule has 0 aliphatic carbocycles. The molecule has 0 unspecified atom stereocenters. The van der Waals surface area contributed by atoms with Crippen molar-refractivity contribution in [2.75, 3.05) is 24.4 Å². The molecule has 1 aliphatic rings. The van der Waals surface area contributed by atoms with Gasteiger partial charge in [0.2, 0.25) is 6.79 Å². The summed E-state index contributed by atoms with van der Waals surface area (Å²) in [4.78, 5) is 0. The van der Waals surface area contributed by atoms with E-state index in [1.807, 2.05) is 30.0 Å². The molecule has 0 saturated heterocycles. The summed E-state index contributed by atoms with van der Waals surface area (Å²) >= 11 is 7.18. The lowest BCUT2D eigenvalue weighted by atomic mass is 10.3. The Morgan fingerprint density at radius 1 is 1.30 bits per heavy atom. The number of thioether (sulfide) groups is 1. The first-order chi connectivity index (χ1) is 9.44. The maximum atomic E-state index is 5.33. The summed E-state index contributed by atoms with van der Waals surface area (Å²) in [6.45, 7) is 7.76. The maximum Gasteiger partial charge on any atom is 0.231 e. The zero-order chi connectivity index (χ0) is 14.6. The van der Waals surface area contributed by atoms with Crippen LogP contribution < -0.4 is 20.1 Å². The Kier molecular flexibility index (Phi) is 4.99. The summed E-state index contributed by atoms with van der Waals surface area (Å²) in [7, 11) is 0. The Morgan fingerprint density at radius 2 is 2.05 bits per heavy atom. The number of hydrogen-bond donors (Lipinski definition) is 2. The molecule has 2 rings (SSSR count). The van der Waals surface area contributed by atoms with Crippen LogP contribution in [0.25, 0.3) is 0 Å². The second kappa shape index (κ2) is 6.54. The van der Waals surface area contributed by atoms with Crippen LogP contribution in [0.15, 0.2) is 18.2 Å². The second-order valence-corrected chi connectivity index (χ2v) is 7.74. The van der Waals surface area contributed by atoms with Gasteiger partial charge in [-0.05, 0) is 24.4 Å². The first-order valence-electron chi connectivity index (χ1n) is 6.52. The largest absolute Gasteiger partial charge is 0.454 e. The van der Waals surface area contributed by atoms with E-state index in [-0.39, 0.29) is 11.5 Å². The summed E-state index contributed by atoms with van der Waals surface area (Å²) < 4.78 is 10.9. The molecule has 1 heterocycles. The summed E-state index contributed by atoms with van der Waals surface area (Å²) in [5.74, 6) is 2.55. The SMILES string of the molecule is CC(C)(C)SCCNC(=S)Nc1ccc2c(c1)OCO2. The van der Waals surface area contributed by atoms with Crippen molar-refractivity contribution in [2.45, 2.75) is 25.5 Å². The summed E-state index contributed by atoms with van der Waals surface area (Å²) in [6, 6.07) is 5.69. The van der Waals surface area contributed by atoms with Crippen LogP contribution in [0.2, 0.25) is 0 Å². The molecule has 1 aromatic carbocycles. The molecule has 0 radical (unpaired) electrons. The second-order valence-electron chi connectivity index (χ2n) is 5.41. The van der Waals surface area contributed by atoms with Gasteiger partial charge in [-0.3, -0.25) is 0 Å². The molecule has 0 atom stereocenters. The van der Waals surface area contributed by atoms with Crippen molar-refractivity contribution >= 4 is 34.8 Å². The molecule has 2 N–H and O–H groups in total. The molecule has 0 amide bonds. The minimum Gasteiger partial charge on any atom is -0.454 e. The predicted molar refractivity (Wildman–Crippen MR) is 89.0 cm³/mol. The highest BCUT2D eigenvalue weighted by atomic mass is 32.2. The minimum atomic E-state index is 0.283. The number of anilines is 1. The molecule has 1 aliphatic heterocycles. The van der Waals surface area contributed by atoms with Gasteiger partial charge in [0.25, 0.3) is 0 Å². The Bertz CT molecular complexity index is 487. The van der Waals surface area contributed by atoms with Gasteiger partial charge >= 0.3 is 0 Å². The average Bonchev–Trinajstić information content (AvgIpc) is 2.81. The van der Waals surface area contributed by atoms with Crippen molar-refractivity contribution in [2.24, 2.45) is 0 Å². The highest BCUT2D eigenvalue weighted by Crippen LogP contribution is 2.34. The van der Waals surface area contributed by atoms with E-state index in [9.17, 15) is 0 Å². The standard InChI is InChI=1S/C14H20N2O2S2/c1-14(2,3)20-7-6-15-13(19)16-10-4-5-11-12(8-10)18-9-17-11/h4-5,8H,6-7,9H2,1-3H3,(H2,15,16,19). The Morgan fingerprint density at radius 3 is 2.80 bits per heavy atom. The molecule has 110 valence electrons. The van der Waals surface area contributed by atoms with Crippen LogP contribution in [0.4, 0.5) is 5.69 Å². The number of hydrogen-bond acceptors (Lipinski definition) is 4. The lowest BCUT2D eigenvalue weighted by molar-refractivity contribution is 0.174. The van der Waals surface area contributed by atoms with Gasteiger partial charge in [0.05, 0.1) is 0 Å². The van der Waals surface area contributed by atoms with Crippen LogP contribution >= 0.6 is 24.0 Å². The minimum absolute atomic E-state index is 0.283. The molecule has 0 aromatic heterocycles. The smallest absolute Gasteiger partial charge is 0.231 e. The summed E-state index contributed by atoms with van der Waals surface area (Å²) in [5.41, 5.74) is 0.898. The van der Waals surface area contributed by atoms with Crippen molar-refractivity contribution in [3.8, 4) is 11.5 Å². The number of benzene rings is 1. The monoisotopic (exact) mass is 312 g/mol. The molecule has 1 aromatic rings. The number of thiocarbonyl (C=S) groups is 1. The van der Waals surface area contributed by atoms with Crippen molar-refractivity contribution in [3.63, 3.8) is 0 Å². The van der Waals surface area contributed by atoms with Gasteiger partial charge in [-0.15, -0.1) is 0 Å². The third kappa shape index (κ3) is 4.76. The molecular weight excluding hydrogens is 292 g/mol. The fraction of sp³-hybridized carbons (Fsp3) is 0.500. The molecule has 0 fully saturated rings.